The van der Waals surface area contributed by atoms with Gasteiger partial charge in [0.05, 0.1) is 5.69 Å². The molecule has 1 fully saturated rings. The van der Waals surface area contributed by atoms with Gasteiger partial charge in [0, 0.05) is 38.6 Å². The van der Waals surface area contributed by atoms with E-state index in [1.165, 1.54) is 0 Å². The molecule has 2 aliphatic rings. The third-order valence-electron chi connectivity index (χ3n) is 4.18. The summed E-state index contributed by atoms with van der Waals surface area (Å²) in [6, 6.07) is 7.64. The first kappa shape index (κ1) is 14.8. The number of nitrogens with one attached hydrogen (secondary N) is 1. The second-order valence-electron chi connectivity index (χ2n) is 5.69. The third-order valence-corrected chi connectivity index (χ3v) is 4.18. The van der Waals surface area contributed by atoms with Crippen molar-refractivity contribution >= 4 is 17.5 Å². The van der Waals surface area contributed by atoms with Crippen molar-refractivity contribution in [2.45, 2.75) is 19.4 Å². The summed E-state index contributed by atoms with van der Waals surface area (Å²) in [6.07, 6.45) is 0.338. The third kappa shape index (κ3) is 2.92. The monoisotopic (exact) mass is 303 g/mol. The Morgan fingerprint density at radius 3 is 3.05 bits per heavy atom. The Kier molecular flexibility index (Phi) is 4.29. The number of ether oxygens (including phenoxy) is 1. The number of carbonyl (C=O) groups is 2. The van der Waals surface area contributed by atoms with Crippen LogP contribution in [0.15, 0.2) is 24.3 Å². The van der Waals surface area contributed by atoms with Gasteiger partial charge in [-0.3, -0.25) is 9.59 Å². The number of benzene rings is 1. The Bertz CT molecular complexity index is 576. The maximum absolute atomic E-state index is 12.4. The van der Waals surface area contributed by atoms with Crippen LogP contribution in [0, 0.1) is 0 Å². The number of hydrogen-bond acceptors (Lipinski definition) is 4. The molecule has 0 spiro atoms. The minimum Gasteiger partial charge on any atom is -0.482 e. The number of para-hydroxylation sites is 2. The molecule has 0 saturated carbocycles. The van der Waals surface area contributed by atoms with Gasteiger partial charge in [0.1, 0.15) is 5.75 Å². The van der Waals surface area contributed by atoms with Crippen molar-refractivity contribution in [3.8, 4) is 5.75 Å². The van der Waals surface area contributed by atoms with Crippen LogP contribution in [0.5, 0.6) is 5.75 Å². The normalized spacial score (nSPS) is 21.3. The molecule has 0 aromatic heterocycles. The second kappa shape index (κ2) is 6.36. The Labute approximate surface area is 130 Å². The van der Waals surface area contributed by atoms with Crippen LogP contribution >= 0.6 is 0 Å². The summed E-state index contributed by atoms with van der Waals surface area (Å²) in [5.41, 5.74) is 0.750. The van der Waals surface area contributed by atoms with Crippen LogP contribution in [-0.2, 0) is 9.59 Å². The van der Waals surface area contributed by atoms with E-state index in [1.54, 1.807) is 4.90 Å². The van der Waals surface area contributed by atoms with E-state index >= 15 is 0 Å². The number of piperazine rings is 1. The average Bonchev–Trinajstić information content (AvgIpc) is 2.54. The highest BCUT2D eigenvalue weighted by molar-refractivity contribution is 5.98. The lowest BCUT2D eigenvalue weighted by Crippen LogP contribution is -2.53. The summed E-state index contributed by atoms with van der Waals surface area (Å²) >= 11 is 0. The van der Waals surface area contributed by atoms with Gasteiger partial charge in [-0.15, -0.1) is 0 Å². The highest BCUT2D eigenvalue weighted by atomic mass is 16.5. The predicted octanol–water partition coefficient (Wildman–Crippen LogP) is 0.622. The fourth-order valence-corrected chi connectivity index (χ4v) is 2.96. The lowest BCUT2D eigenvalue weighted by Gasteiger charge is -2.35. The second-order valence-corrected chi connectivity index (χ2v) is 5.69. The van der Waals surface area contributed by atoms with E-state index in [2.05, 4.69) is 5.32 Å². The van der Waals surface area contributed by atoms with E-state index in [0.717, 1.165) is 25.3 Å². The van der Waals surface area contributed by atoms with Crippen LogP contribution in [0.1, 0.15) is 13.3 Å². The van der Waals surface area contributed by atoms with Crippen molar-refractivity contribution in [3.63, 3.8) is 0 Å². The summed E-state index contributed by atoms with van der Waals surface area (Å²) in [5, 5.41) is 3.27. The van der Waals surface area contributed by atoms with Crippen molar-refractivity contribution in [2.75, 3.05) is 37.7 Å². The zero-order valence-corrected chi connectivity index (χ0v) is 12.7. The van der Waals surface area contributed by atoms with E-state index in [0.29, 0.717) is 18.7 Å². The molecule has 6 nitrogen and oxygen atoms in total. The molecule has 2 heterocycles. The molecule has 6 heteroatoms. The van der Waals surface area contributed by atoms with Gasteiger partial charge in [-0.25, -0.2) is 0 Å². The lowest BCUT2D eigenvalue weighted by molar-refractivity contribution is -0.133. The summed E-state index contributed by atoms with van der Waals surface area (Å²) < 4.78 is 5.41. The molecule has 0 radical (unpaired) electrons. The molecule has 2 aliphatic heterocycles. The number of fused-ring (bicyclic) bond motifs is 1. The minimum atomic E-state index is -0.0974. The zero-order valence-electron chi connectivity index (χ0n) is 12.7. The molecule has 2 amide bonds. The molecular formula is C16H21N3O3. The molecule has 118 valence electrons. The zero-order chi connectivity index (χ0) is 15.5. The highest BCUT2D eigenvalue weighted by Crippen LogP contribution is 2.31. The van der Waals surface area contributed by atoms with Gasteiger partial charge < -0.3 is 19.9 Å². The fourth-order valence-electron chi connectivity index (χ4n) is 2.96. The van der Waals surface area contributed by atoms with Crippen LogP contribution in [0.4, 0.5) is 5.69 Å². The molecule has 1 aromatic carbocycles. The standard InChI is InChI=1S/C16H21N3O3/c1-12-10-17-7-9-18(12)15(20)6-8-19-13-4-2-3-5-14(13)22-11-16(19)21/h2-5,12,17H,6-11H2,1H3/t12-/m0/s1. The SMILES string of the molecule is C[C@H]1CNCCN1C(=O)CCN1C(=O)COc2ccccc21. The van der Waals surface area contributed by atoms with Crippen LogP contribution in [0.3, 0.4) is 0 Å². The maximum atomic E-state index is 12.4. The number of anilines is 1. The van der Waals surface area contributed by atoms with Gasteiger partial charge in [-0.05, 0) is 19.1 Å². The van der Waals surface area contributed by atoms with Crippen LogP contribution in [0.25, 0.3) is 0 Å². The molecule has 1 aromatic rings. The highest BCUT2D eigenvalue weighted by Gasteiger charge is 2.27. The summed E-state index contributed by atoms with van der Waals surface area (Å²) in [7, 11) is 0. The van der Waals surface area contributed by atoms with Gasteiger partial charge >= 0.3 is 0 Å². The molecule has 1 saturated heterocycles. The van der Waals surface area contributed by atoms with Crippen molar-refractivity contribution < 1.29 is 14.3 Å². The van der Waals surface area contributed by atoms with Crippen molar-refractivity contribution in [2.24, 2.45) is 0 Å². The predicted molar refractivity (Wildman–Crippen MR) is 83.0 cm³/mol. The molecule has 0 unspecified atom stereocenters. The Morgan fingerprint density at radius 1 is 1.41 bits per heavy atom. The van der Waals surface area contributed by atoms with Crippen LogP contribution in [-0.4, -0.2) is 55.5 Å². The Balaban J connectivity index is 1.66. The number of hydrogen-bond donors (Lipinski definition) is 1. The largest absolute Gasteiger partial charge is 0.482 e. The smallest absolute Gasteiger partial charge is 0.265 e. The van der Waals surface area contributed by atoms with Crippen LogP contribution in [0.2, 0.25) is 0 Å². The maximum Gasteiger partial charge on any atom is 0.265 e. The minimum absolute atomic E-state index is 0.0369. The molecule has 22 heavy (non-hydrogen) atoms. The van der Waals surface area contributed by atoms with Gasteiger partial charge in [0.2, 0.25) is 5.91 Å². The first-order valence-electron chi connectivity index (χ1n) is 7.69. The van der Waals surface area contributed by atoms with E-state index in [9.17, 15) is 9.59 Å². The lowest BCUT2D eigenvalue weighted by atomic mass is 10.2. The molecule has 0 bridgehead atoms. The quantitative estimate of drug-likeness (QED) is 0.889. The molecular weight excluding hydrogens is 282 g/mol. The summed E-state index contributed by atoms with van der Waals surface area (Å²) in [5.74, 6) is 0.704. The first-order valence-corrected chi connectivity index (χ1v) is 7.69. The molecule has 1 N–H and O–H groups in total. The Hall–Kier alpha value is -2.08. The topological polar surface area (TPSA) is 61.9 Å². The first-order chi connectivity index (χ1) is 10.7. The Morgan fingerprint density at radius 2 is 2.23 bits per heavy atom. The van der Waals surface area contributed by atoms with E-state index in [-0.39, 0.29) is 24.5 Å². The number of amides is 2. The van der Waals surface area contributed by atoms with E-state index < -0.39 is 0 Å². The van der Waals surface area contributed by atoms with Crippen molar-refractivity contribution in [1.29, 1.82) is 0 Å². The molecule has 1 atom stereocenters. The van der Waals surface area contributed by atoms with Gasteiger partial charge in [0.25, 0.3) is 5.91 Å². The van der Waals surface area contributed by atoms with Crippen LogP contribution < -0.4 is 15.0 Å². The van der Waals surface area contributed by atoms with Crippen molar-refractivity contribution in [1.82, 2.24) is 10.2 Å². The average molecular weight is 303 g/mol. The van der Waals surface area contributed by atoms with E-state index in [1.807, 2.05) is 36.1 Å². The number of carbonyl (C=O) groups excluding carboxylic acids is 2. The van der Waals surface area contributed by atoms with Gasteiger partial charge in [-0.2, -0.15) is 0 Å². The molecule has 3 rings (SSSR count). The molecule has 0 aliphatic carbocycles. The summed E-state index contributed by atoms with van der Waals surface area (Å²) in [6.45, 7) is 4.86. The number of nitrogens with zero attached hydrogens (tertiary/aromatic N) is 2. The van der Waals surface area contributed by atoms with Crippen molar-refractivity contribution in [3.05, 3.63) is 24.3 Å². The van der Waals surface area contributed by atoms with Gasteiger partial charge in [-0.1, -0.05) is 12.1 Å². The number of rotatable bonds is 3. The van der Waals surface area contributed by atoms with Gasteiger partial charge in [0.15, 0.2) is 6.61 Å². The summed E-state index contributed by atoms with van der Waals surface area (Å²) in [4.78, 5) is 28.0. The van der Waals surface area contributed by atoms with E-state index in [4.69, 9.17) is 4.74 Å². The fraction of sp³-hybridized carbons (Fsp3) is 0.500.